The Morgan fingerprint density at radius 3 is 2.48 bits per heavy atom. The van der Waals surface area contributed by atoms with Crippen LogP contribution < -0.4 is 0 Å². The molecule has 152 valence electrons. The van der Waals surface area contributed by atoms with E-state index in [2.05, 4.69) is 21.0 Å². The van der Waals surface area contributed by atoms with E-state index in [0.717, 1.165) is 27.1 Å². The lowest BCUT2D eigenvalue weighted by Gasteiger charge is -2.21. The molecule has 0 fully saturated rings. The van der Waals surface area contributed by atoms with E-state index in [1.54, 1.807) is 33.8 Å². The van der Waals surface area contributed by atoms with Crippen molar-refractivity contribution in [3.8, 4) is 5.69 Å². The highest BCUT2D eigenvalue weighted by Crippen LogP contribution is 2.21. The Labute approximate surface area is 177 Å². The summed E-state index contributed by atoms with van der Waals surface area (Å²) < 4.78 is 29.8. The van der Waals surface area contributed by atoms with Gasteiger partial charge in [-0.3, -0.25) is 4.79 Å². The molecule has 3 aromatic rings. The molecule has 0 bridgehead atoms. The van der Waals surface area contributed by atoms with Crippen LogP contribution in [0.25, 0.3) is 5.69 Å². The van der Waals surface area contributed by atoms with Gasteiger partial charge in [0.2, 0.25) is 5.91 Å². The molecule has 0 N–H and O–H groups in total. The van der Waals surface area contributed by atoms with Crippen LogP contribution in [0.4, 0.5) is 8.78 Å². The van der Waals surface area contributed by atoms with Crippen LogP contribution in [0.15, 0.2) is 46.9 Å². The second kappa shape index (κ2) is 8.86. The first-order chi connectivity index (χ1) is 13.8. The smallest absolute Gasteiger partial charge is 0.227 e. The number of benzene rings is 2. The monoisotopic (exact) mass is 461 g/mol. The van der Waals surface area contributed by atoms with Crippen LogP contribution in [0.1, 0.15) is 29.4 Å². The normalized spacial score (nSPS) is 11.0. The molecule has 4 nitrogen and oxygen atoms in total. The van der Waals surface area contributed by atoms with Gasteiger partial charge in [0.1, 0.15) is 11.6 Å². The fourth-order valence-electron chi connectivity index (χ4n) is 3.27. The summed E-state index contributed by atoms with van der Waals surface area (Å²) in [7, 11) is 0. The number of hydrogen-bond acceptors (Lipinski definition) is 2. The third kappa shape index (κ3) is 4.72. The summed E-state index contributed by atoms with van der Waals surface area (Å²) in [6, 6.07) is 10.8. The summed E-state index contributed by atoms with van der Waals surface area (Å²) in [5.74, 6) is -0.753. The fraction of sp³-hybridized carbons (Fsp3) is 0.273. The van der Waals surface area contributed by atoms with Crippen LogP contribution in [0.3, 0.4) is 0 Å². The predicted octanol–water partition coefficient (Wildman–Crippen LogP) is 5.12. The molecule has 0 aliphatic heterocycles. The Kier molecular flexibility index (Phi) is 6.47. The lowest BCUT2D eigenvalue weighted by Crippen LogP contribution is -2.32. The highest BCUT2D eigenvalue weighted by atomic mass is 79.9. The minimum absolute atomic E-state index is 0.100. The van der Waals surface area contributed by atoms with Crippen LogP contribution in [-0.2, 0) is 17.8 Å². The van der Waals surface area contributed by atoms with Crippen LogP contribution in [0, 0.1) is 25.5 Å². The Hall–Kier alpha value is -2.54. The number of aromatic nitrogens is 2. The van der Waals surface area contributed by atoms with E-state index < -0.39 is 0 Å². The number of amides is 1. The van der Waals surface area contributed by atoms with Gasteiger partial charge in [-0.2, -0.15) is 5.10 Å². The molecule has 1 amide bonds. The molecule has 7 heteroatoms. The van der Waals surface area contributed by atoms with Gasteiger partial charge in [-0.15, -0.1) is 0 Å². The third-order valence-electron chi connectivity index (χ3n) is 4.94. The van der Waals surface area contributed by atoms with Gasteiger partial charge >= 0.3 is 0 Å². The van der Waals surface area contributed by atoms with Crippen molar-refractivity contribution in [3.63, 3.8) is 0 Å². The van der Waals surface area contributed by atoms with Crippen LogP contribution in [0.5, 0.6) is 0 Å². The van der Waals surface area contributed by atoms with E-state index in [9.17, 15) is 13.6 Å². The van der Waals surface area contributed by atoms with Crippen molar-refractivity contribution in [2.45, 2.75) is 33.7 Å². The van der Waals surface area contributed by atoms with E-state index in [4.69, 9.17) is 0 Å². The SMILES string of the molecule is CCN(Cc1cc(Br)ccc1F)C(=O)Cc1c(C)nn(-c2ccc(F)cc2)c1C. The molecule has 0 atom stereocenters. The molecular formula is C22H22BrF2N3O. The fourth-order valence-corrected chi connectivity index (χ4v) is 3.68. The molecule has 0 spiro atoms. The topological polar surface area (TPSA) is 38.1 Å². The second-order valence-corrected chi connectivity index (χ2v) is 7.77. The number of hydrogen-bond donors (Lipinski definition) is 0. The standard InChI is InChI=1S/C22H22BrF2N3O/c1-4-27(13-16-11-17(23)5-10-21(16)25)22(29)12-20-14(2)26-28(15(20)3)19-8-6-18(24)7-9-19/h5-11H,4,12-13H2,1-3H3. The Balaban J connectivity index is 1.82. The van der Waals surface area contributed by atoms with Gasteiger partial charge in [-0.05, 0) is 63.2 Å². The van der Waals surface area contributed by atoms with E-state index in [1.807, 2.05) is 20.8 Å². The minimum atomic E-state index is -0.337. The first-order valence-electron chi connectivity index (χ1n) is 9.33. The first kappa shape index (κ1) is 21.2. The summed E-state index contributed by atoms with van der Waals surface area (Å²) in [4.78, 5) is 14.6. The molecular weight excluding hydrogens is 440 g/mol. The van der Waals surface area contributed by atoms with Crippen molar-refractivity contribution in [1.82, 2.24) is 14.7 Å². The molecule has 0 aliphatic carbocycles. The zero-order valence-electron chi connectivity index (χ0n) is 16.5. The molecule has 0 aliphatic rings. The molecule has 0 unspecified atom stereocenters. The van der Waals surface area contributed by atoms with Gasteiger partial charge in [0.15, 0.2) is 0 Å². The van der Waals surface area contributed by atoms with Gasteiger partial charge in [-0.1, -0.05) is 15.9 Å². The Bertz CT molecular complexity index is 1030. The number of aryl methyl sites for hydroxylation is 1. The maximum Gasteiger partial charge on any atom is 0.227 e. The van der Waals surface area contributed by atoms with Crippen LogP contribution in [-0.4, -0.2) is 27.1 Å². The van der Waals surface area contributed by atoms with Crippen molar-refractivity contribution >= 4 is 21.8 Å². The molecule has 29 heavy (non-hydrogen) atoms. The molecule has 0 radical (unpaired) electrons. The first-order valence-corrected chi connectivity index (χ1v) is 10.1. The van der Waals surface area contributed by atoms with Crippen molar-refractivity contribution in [2.24, 2.45) is 0 Å². The largest absolute Gasteiger partial charge is 0.338 e. The highest BCUT2D eigenvalue weighted by molar-refractivity contribution is 9.10. The number of carbonyl (C=O) groups is 1. The molecule has 1 heterocycles. The van der Waals surface area contributed by atoms with E-state index >= 15 is 0 Å². The average molecular weight is 462 g/mol. The van der Waals surface area contributed by atoms with E-state index in [0.29, 0.717) is 12.1 Å². The van der Waals surface area contributed by atoms with Gasteiger partial charge in [0.05, 0.1) is 17.8 Å². The summed E-state index contributed by atoms with van der Waals surface area (Å²) in [6.45, 7) is 6.27. The minimum Gasteiger partial charge on any atom is -0.338 e. The molecule has 2 aromatic carbocycles. The van der Waals surface area contributed by atoms with Crippen molar-refractivity contribution in [1.29, 1.82) is 0 Å². The van der Waals surface area contributed by atoms with Gasteiger partial charge in [-0.25, -0.2) is 13.5 Å². The lowest BCUT2D eigenvalue weighted by atomic mass is 10.1. The molecule has 0 saturated heterocycles. The number of carbonyl (C=O) groups excluding carboxylic acids is 1. The maximum atomic E-state index is 14.1. The van der Waals surface area contributed by atoms with Gasteiger partial charge in [0, 0.05) is 34.4 Å². The Morgan fingerprint density at radius 1 is 1.14 bits per heavy atom. The summed E-state index contributed by atoms with van der Waals surface area (Å²) >= 11 is 3.34. The third-order valence-corrected chi connectivity index (χ3v) is 5.44. The van der Waals surface area contributed by atoms with Crippen LogP contribution in [0.2, 0.25) is 0 Å². The van der Waals surface area contributed by atoms with Gasteiger partial charge in [0.25, 0.3) is 0 Å². The number of halogens is 3. The lowest BCUT2D eigenvalue weighted by molar-refractivity contribution is -0.130. The number of nitrogens with zero attached hydrogens (tertiary/aromatic N) is 3. The zero-order valence-corrected chi connectivity index (χ0v) is 18.1. The molecule has 3 rings (SSSR count). The van der Waals surface area contributed by atoms with Crippen LogP contribution >= 0.6 is 15.9 Å². The Morgan fingerprint density at radius 2 is 1.83 bits per heavy atom. The molecule has 1 aromatic heterocycles. The maximum absolute atomic E-state index is 14.1. The van der Waals surface area contributed by atoms with Crippen molar-refractivity contribution in [3.05, 3.63) is 81.1 Å². The predicted molar refractivity (Wildman–Crippen MR) is 112 cm³/mol. The summed E-state index contributed by atoms with van der Waals surface area (Å²) in [5, 5.41) is 4.52. The van der Waals surface area contributed by atoms with E-state index in [1.165, 1.54) is 18.2 Å². The molecule has 0 saturated carbocycles. The highest BCUT2D eigenvalue weighted by Gasteiger charge is 2.20. The van der Waals surface area contributed by atoms with Gasteiger partial charge < -0.3 is 4.90 Å². The van der Waals surface area contributed by atoms with Crippen molar-refractivity contribution < 1.29 is 13.6 Å². The number of rotatable bonds is 6. The number of likely N-dealkylation sites (N-methyl/N-ethyl adjacent to an activating group) is 1. The van der Waals surface area contributed by atoms with E-state index in [-0.39, 0.29) is 30.5 Å². The zero-order chi connectivity index (χ0) is 21.1. The average Bonchev–Trinajstić information content (AvgIpc) is 2.97. The second-order valence-electron chi connectivity index (χ2n) is 6.86. The van der Waals surface area contributed by atoms with Crippen molar-refractivity contribution in [2.75, 3.05) is 6.54 Å². The summed E-state index contributed by atoms with van der Waals surface area (Å²) in [5.41, 5.74) is 3.59. The summed E-state index contributed by atoms with van der Waals surface area (Å²) in [6.07, 6.45) is 0.169. The quantitative estimate of drug-likeness (QED) is 0.510.